The molecule has 0 unspecified atom stereocenters. The van der Waals surface area contributed by atoms with Gasteiger partial charge in [0.15, 0.2) is 11.5 Å². The van der Waals surface area contributed by atoms with Gasteiger partial charge >= 0.3 is 0 Å². The first-order chi connectivity index (χ1) is 10.9. The van der Waals surface area contributed by atoms with Crippen LogP contribution in [0.25, 0.3) is 0 Å². The molecule has 0 radical (unpaired) electrons. The van der Waals surface area contributed by atoms with Crippen LogP contribution in [0.15, 0.2) is 30.3 Å². The Labute approximate surface area is 140 Å². The Balaban J connectivity index is 2.09. The Kier molecular flexibility index (Phi) is 5.39. The Hall–Kier alpha value is -2.34. The van der Waals surface area contributed by atoms with Crippen molar-refractivity contribution >= 4 is 29.0 Å². The Morgan fingerprint density at radius 2 is 1.96 bits per heavy atom. The molecule has 0 atom stereocenters. The highest BCUT2D eigenvalue weighted by Gasteiger charge is 2.11. The zero-order valence-corrected chi connectivity index (χ0v) is 14.3. The Bertz CT molecular complexity index is 687. The molecule has 7 heteroatoms. The van der Waals surface area contributed by atoms with Crippen LogP contribution in [0.1, 0.15) is 24.3 Å². The third-order valence-corrected chi connectivity index (χ3v) is 3.19. The first-order valence-corrected chi connectivity index (χ1v) is 7.53. The summed E-state index contributed by atoms with van der Waals surface area (Å²) in [5.74, 6) is 0.908. The van der Waals surface area contributed by atoms with Gasteiger partial charge in [-0.2, -0.15) is 0 Å². The van der Waals surface area contributed by atoms with E-state index in [2.05, 4.69) is 15.5 Å². The van der Waals surface area contributed by atoms with E-state index in [1.807, 2.05) is 32.8 Å². The molecule has 1 N–H and O–H groups in total. The minimum Gasteiger partial charge on any atom is -0.489 e. The molecule has 0 aliphatic heterocycles. The van der Waals surface area contributed by atoms with Crippen LogP contribution in [0.4, 0.5) is 11.5 Å². The summed E-state index contributed by atoms with van der Waals surface area (Å²) in [5, 5.41) is 11.1. The summed E-state index contributed by atoms with van der Waals surface area (Å²) in [6.07, 6.45) is 0.0263. The van der Waals surface area contributed by atoms with E-state index in [9.17, 15) is 4.79 Å². The zero-order chi connectivity index (χ0) is 17.0. The number of amides is 1. The number of nitrogens with zero attached hydrogens (tertiary/aromatic N) is 3. The Morgan fingerprint density at radius 3 is 2.48 bits per heavy atom. The lowest BCUT2D eigenvalue weighted by Crippen LogP contribution is -2.16. The second kappa shape index (κ2) is 7.28. The molecule has 1 aromatic heterocycles. The molecule has 1 amide bonds. The molecule has 6 nitrogen and oxygen atoms in total. The van der Waals surface area contributed by atoms with Gasteiger partial charge in [-0.3, -0.25) is 4.79 Å². The maximum Gasteiger partial charge on any atom is 0.276 e. The van der Waals surface area contributed by atoms with Crippen LogP contribution >= 0.6 is 11.6 Å². The first kappa shape index (κ1) is 17.0. The molecule has 0 saturated heterocycles. The average Bonchev–Trinajstić information content (AvgIpc) is 2.49. The highest BCUT2D eigenvalue weighted by Crippen LogP contribution is 2.28. The summed E-state index contributed by atoms with van der Waals surface area (Å²) in [7, 11) is 3.71. The van der Waals surface area contributed by atoms with E-state index in [-0.39, 0.29) is 17.7 Å². The van der Waals surface area contributed by atoms with Crippen LogP contribution in [0.5, 0.6) is 5.75 Å². The molecule has 2 rings (SSSR count). The van der Waals surface area contributed by atoms with Crippen LogP contribution in [-0.4, -0.2) is 36.3 Å². The van der Waals surface area contributed by atoms with E-state index in [1.165, 1.54) is 0 Å². The lowest BCUT2D eigenvalue weighted by Gasteiger charge is -2.13. The molecule has 0 aliphatic carbocycles. The molecule has 122 valence electrons. The molecule has 23 heavy (non-hydrogen) atoms. The standard InChI is InChI=1S/C16H19ClN4O2/c1-10(2)23-14-7-5-11(9-12(14)17)18-16(22)13-6-8-15(20-19-13)21(3)4/h5-10H,1-4H3,(H,18,22). The summed E-state index contributed by atoms with van der Waals surface area (Å²) in [5.41, 5.74) is 0.795. The van der Waals surface area contributed by atoms with E-state index >= 15 is 0 Å². The van der Waals surface area contributed by atoms with Gasteiger partial charge in [-0.15, -0.1) is 10.2 Å². The molecule has 0 bridgehead atoms. The van der Waals surface area contributed by atoms with E-state index in [1.54, 1.807) is 30.3 Å². The molecule has 0 saturated carbocycles. The summed E-state index contributed by atoms with van der Waals surface area (Å²) < 4.78 is 5.55. The number of rotatable bonds is 5. The third-order valence-electron chi connectivity index (χ3n) is 2.89. The van der Waals surface area contributed by atoms with Crippen molar-refractivity contribution in [3.63, 3.8) is 0 Å². The number of nitrogens with one attached hydrogen (secondary N) is 1. The van der Waals surface area contributed by atoms with Crippen molar-refractivity contribution < 1.29 is 9.53 Å². The summed E-state index contributed by atoms with van der Waals surface area (Å²) in [4.78, 5) is 14.0. The fourth-order valence-electron chi connectivity index (χ4n) is 1.81. The molecular weight excluding hydrogens is 316 g/mol. The lowest BCUT2D eigenvalue weighted by atomic mass is 10.2. The molecule has 1 heterocycles. The normalized spacial score (nSPS) is 10.5. The van der Waals surface area contributed by atoms with E-state index in [4.69, 9.17) is 16.3 Å². The highest BCUT2D eigenvalue weighted by atomic mass is 35.5. The third kappa shape index (κ3) is 4.56. The number of ether oxygens (including phenoxy) is 1. The van der Waals surface area contributed by atoms with E-state index < -0.39 is 0 Å². The monoisotopic (exact) mass is 334 g/mol. The van der Waals surface area contributed by atoms with Gasteiger partial charge < -0.3 is 15.0 Å². The fraction of sp³-hybridized carbons (Fsp3) is 0.312. The van der Waals surface area contributed by atoms with E-state index in [0.717, 1.165) is 0 Å². The van der Waals surface area contributed by atoms with Gasteiger partial charge in [0.1, 0.15) is 5.75 Å². The maximum absolute atomic E-state index is 12.2. The SMILES string of the molecule is CC(C)Oc1ccc(NC(=O)c2ccc(N(C)C)nn2)cc1Cl. The number of halogens is 1. The number of benzene rings is 1. The van der Waals surface area contributed by atoms with Crippen molar-refractivity contribution in [2.24, 2.45) is 0 Å². The largest absolute Gasteiger partial charge is 0.489 e. The second-order valence-electron chi connectivity index (χ2n) is 5.44. The second-order valence-corrected chi connectivity index (χ2v) is 5.84. The minimum absolute atomic E-state index is 0.0263. The number of carbonyl (C=O) groups excluding carboxylic acids is 1. The van der Waals surface area contributed by atoms with Crippen molar-refractivity contribution in [2.75, 3.05) is 24.3 Å². The van der Waals surface area contributed by atoms with E-state index in [0.29, 0.717) is 22.3 Å². The van der Waals surface area contributed by atoms with Crippen LogP contribution in [0.2, 0.25) is 5.02 Å². The molecule has 0 aliphatic rings. The Morgan fingerprint density at radius 1 is 1.22 bits per heavy atom. The van der Waals surface area contributed by atoms with Gasteiger partial charge in [0.2, 0.25) is 0 Å². The van der Waals surface area contributed by atoms with Crippen molar-refractivity contribution in [1.82, 2.24) is 10.2 Å². The lowest BCUT2D eigenvalue weighted by molar-refractivity contribution is 0.102. The molecule has 2 aromatic rings. The number of hydrogen-bond donors (Lipinski definition) is 1. The van der Waals surface area contributed by atoms with Gasteiger partial charge in [-0.1, -0.05) is 11.6 Å². The van der Waals surface area contributed by atoms with Crippen molar-refractivity contribution in [1.29, 1.82) is 0 Å². The zero-order valence-electron chi connectivity index (χ0n) is 13.5. The summed E-state index contributed by atoms with van der Waals surface area (Å²) in [6, 6.07) is 8.44. The number of aromatic nitrogens is 2. The predicted molar refractivity (Wildman–Crippen MR) is 91.5 cm³/mol. The molecular formula is C16H19ClN4O2. The molecule has 1 aromatic carbocycles. The van der Waals surface area contributed by atoms with Crippen LogP contribution in [0.3, 0.4) is 0 Å². The molecule has 0 fully saturated rings. The molecule has 0 spiro atoms. The van der Waals surface area contributed by atoms with Gasteiger partial charge in [-0.05, 0) is 44.2 Å². The van der Waals surface area contributed by atoms with Gasteiger partial charge in [-0.25, -0.2) is 0 Å². The highest BCUT2D eigenvalue weighted by molar-refractivity contribution is 6.32. The topological polar surface area (TPSA) is 67.3 Å². The smallest absolute Gasteiger partial charge is 0.276 e. The number of carbonyl (C=O) groups is 1. The quantitative estimate of drug-likeness (QED) is 0.909. The fourth-order valence-corrected chi connectivity index (χ4v) is 2.03. The number of hydrogen-bond acceptors (Lipinski definition) is 5. The van der Waals surface area contributed by atoms with Crippen LogP contribution in [0, 0.1) is 0 Å². The van der Waals surface area contributed by atoms with Crippen LogP contribution in [-0.2, 0) is 0 Å². The maximum atomic E-state index is 12.2. The summed E-state index contributed by atoms with van der Waals surface area (Å²) >= 11 is 6.15. The summed E-state index contributed by atoms with van der Waals surface area (Å²) in [6.45, 7) is 3.84. The van der Waals surface area contributed by atoms with Crippen molar-refractivity contribution in [3.8, 4) is 5.75 Å². The minimum atomic E-state index is -0.351. The van der Waals surface area contributed by atoms with Gasteiger partial charge in [0, 0.05) is 19.8 Å². The predicted octanol–water partition coefficient (Wildman–Crippen LogP) is 3.24. The van der Waals surface area contributed by atoms with Gasteiger partial charge in [0.25, 0.3) is 5.91 Å². The van der Waals surface area contributed by atoms with Crippen molar-refractivity contribution in [2.45, 2.75) is 20.0 Å². The van der Waals surface area contributed by atoms with Gasteiger partial charge in [0.05, 0.1) is 11.1 Å². The average molecular weight is 335 g/mol. The van der Waals surface area contributed by atoms with Crippen LogP contribution < -0.4 is 15.0 Å². The van der Waals surface area contributed by atoms with Crippen molar-refractivity contribution in [3.05, 3.63) is 41.0 Å². The number of anilines is 2. The first-order valence-electron chi connectivity index (χ1n) is 7.15.